The number of fused-ring (bicyclic) bond motifs is 2. The van der Waals surface area contributed by atoms with Crippen molar-refractivity contribution in [2.75, 3.05) is 32.8 Å². The molecule has 1 aliphatic rings. The van der Waals surface area contributed by atoms with E-state index in [1.54, 1.807) is 16.0 Å². The van der Waals surface area contributed by atoms with Crippen LogP contribution in [0.4, 0.5) is 4.79 Å². The van der Waals surface area contributed by atoms with Crippen LogP contribution in [-0.2, 0) is 27.5 Å². The molecule has 0 atom stereocenters. The minimum atomic E-state index is -1.25. The summed E-state index contributed by atoms with van der Waals surface area (Å²) in [5, 5.41) is 0.937. The van der Waals surface area contributed by atoms with Gasteiger partial charge in [-0.25, -0.2) is 14.8 Å². The van der Waals surface area contributed by atoms with Gasteiger partial charge in [0.2, 0.25) is 5.91 Å². The molecule has 0 saturated carbocycles. The molecule has 5 rings (SSSR count). The number of benzene rings is 1. The van der Waals surface area contributed by atoms with Gasteiger partial charge in [0.15, 0.2) is 11.4 Å². The predicted molar refractivity (Wildman–Crippen MR) is 191 cm³/mol. The van der Waals surface area contributed by atoms with Gasteiger partial charge in [0.05, 0.1) is 17.5 Å². The van der Waals surface area contributed by atoms with Crippen molar-refractivity contribution in [3.8, 4) is 11.3 Å². The van der Waals surface area contributed by atoms with Gasteiger partial charge in [-0.05, 0) is 32.9 Å². The molecule has 1 aliphatic heterocycles. The molecule has 0 N–H and O–H groups in total. The molecule has 1 aromatic carbocycles. The minimum absolute atomic E-state index is 0.0143. The number of piperazine rings is 1. The largest absolute Gasteiger partial charge is 0.444 e. The lowest BCUT2D eigenvalue weighted by Crippen LogP contribution is -2.52. The van der Waals surface area contributed by atoms with Crippen LogP contribution in [0, 0.1) is 5.41 Å². The summed E-state index contributed by atoms with van der Waals surface area (Å²) < 4.78 is 15.4. The van der Waals surface area contributed by atoms with Crippen LogP contribution >= 0.6 is 0 Å². The first-order chi connectivity index (χ1) is 22.4. The normalized spacial score (nSPS) is 14.6. The number of ether oxygens (including phenoxy) is 2. The van der Waals surface area contributed by atoms with Gasteiger partial charge < -0.3 is 28.4 Å². The molecule has 1 saturated heterocycles. The number of para-hydroxylation sites is 1. The van der Waals surface area contributed by atoms with Crippen molar-refractivity contribution < 1.29 is 23.9 Å². The molecule has 0 radical (unpaired) electrons. The SMILES string of the molecule is CC(C)(C)OC(=O)N1CCN(C(=O)Cn2cc(-c3cnc4c(n3)c(C(=O)C(C)(C)C)cn4COCC[Si](C)(C)C)c3ccccc32)CC1. The van der Waals surface area contributed by atoms with E-state index in [0.717, 1.165) is 22.5 Å². The number of Topliss-reactive ketones (excluding diaryl/α,β-unsaturated/α-hetero) is 1. The molecule has 12 heteroatoms. The highest BCUT2D eigenvalue weighted by Gasteiger charge is 2.30. The summed E-state index contributed by atoms with van der Waals surface area (Å²) in [7, 11) is -1.25. The second-order valence-corrected chi connectivity index (χ2v) is 21.5. The standard InChI is InChI=1S/C36H50N6O5Si/c1-35(2,3)32(44)27-22-42(24-46-18-19-48(7,8)9)33-31(27)38-28(20-37-33)26-21-41(29-13-11-10-12-25(26)29)23-30(43)39-14-16-40(17-15-39)34(45)47-36(4,5)6/h10-13,20-22H,14-19,23-24H2,1-9H3. The number of aromatic nitrogens is 4. The van der Waals surface area contributed by atoms with Crippen molar-refractivity contribution in [2.24, 2.45) is 5.41 Å². The second-order valence-electron chi connectivity index (χ2n) is 15.9. The van der Waals surface area contributed by atoms with Gasteiger partial charge in [-0.3, -0.25) is 9.59 Å². The van der Waals surface area contributed by atoms with E-state index in [1.165, 1.54) is 0 Å². The average molecular weight is 675 g/mol. The van der Waals surface area contributed by atoms with Crippen molar-refractivity contribution >= 4 is 47.9 Å². The molecule has 2 amide bonds. The smallest absolute Gasteiger partial charge is 0.410 e. The van der Waals surface area contributed by atoms with E-state index in [1.807, 2.05) is 87.3 Å². The predicted octanol–water partition coefficient (Wildman–Crippen LogP) is 6.67. The van der Waals surface area contributed by atoms with Crippen molar-refractivity contribution in [3.63, 3.8) is 0 Å². The van der Waals surface area contributed by atoms with Crippen LogP contribution in [0.15, 0.2) is 42.9 Å². The number of rotatable bonds is 9. The molecule has 0 spiro atoms. The quantitative estimate of drug-likeness (QED) is 0.111. The lowest BCUT2D eigenvalue weighted by atomic mass is 9.87. The third-order valence-electron chi connectivity index (χ3n) is 8.37. The Morgan fingerprint density at radius 3 is 2.21 bits per heavy atom. The number of hydrogen-bond acceptors (Lipinski definition) is 7. The van der Waals surface area contributed by atoms with Crippen LogP contribution in [0.5, 0.6) is 0 Å². The van der Waals surface area contributed by atoms with Gasteiger partial charge in [0.25, 0.3) is 0 Å². The van der Waals surface area contributed by atoms with E-state index in [0.29, 0.717) is 61.9 Å². The van der Waals surface area contributed by atoms with Crippen molar-refractivity contribution in [1.82, 2.24) is 28.9 Å². The molecular weight excluding hydrogens is 625 g/mol. The van der Waals surface area contributed by atoms with Crippen molar-refractivity contribution in [1.29, 1.82) is 0 Å². The molecule has 3 aromatic heterocycles. The first-order valence-corrected chi connectivity index (χ1v) is 20.4. The molecule has 4 aromatic rings. The highest BCUT2D eigenvalue weighted by Crippen LogP contribution is 2.33. The van der Waals surface area contributed by atoms with Gasteiger partial charge in [-0.1, -0.05) is 58.6 Å². The van der Waals surface area contributed by atoms with E-state index >= 15 is 0 Å². The van der Waals surface area contributed by atoms with E-state index < -0.39 is 19.1 Å². The Labute approximate surface area is 284 Å². The Hall–Kier alpha value is -4.03. The molecule has 258 valence electrons. The Bertz CT molecular complexity index is 1820. The number of hydrogen-bond donors (Lipinski definition) is 0. The van der Waals surface area contributed by atoms with E-state index in [9.17, 15) is 14.4 Å². The fourth-order valence-corrected chi connectivity index (χ4v) is 6.44. The summed E-state index contributed by atoms with van der Waals surface area (Å²) >= 11 is 0. The molecule has 0 unspecified atom stereocenters. The van der Waals surface area contributed by atoms with Crippen molar-refractivity contribution in [2.45, 2.75) is 86.1 Å². The summed E-state index contributed by atoms with van der Waals surface area (Å²) in [6.07, 6.45) is 5.14. The number of carbonyl (C=O) groups is 3. The summed E-state index contributed by atoms with van der Waals surface area (Å²) in [6, 6.07) is 8.95. The van der Waals surface area contributed by atoms with Crippen LogP contribution < -0.4 is 0 Å². The minimum Gasteiger partial charge on any atom is -0.444 e. The zero-order valence-electron chi connectivity index (χ0n) is 29.9. The number of amides is 2. The van der Waals surface area contributed by atoms with E-state index in [4.69, 9.17) is 19.4 Å². The summed E-state index contributed by atoms with van der Waals surface area (Å²) in [5.74, 6) is -0.0449. The van der Waals surface area contributed by atoms with Crippen LogP contribution in [-0.4, -0.2) is 93.1 Å². The maximum absolute atomic E-state index is 13.6. The van der Waals surface area contributed by atoms with Gasteiger partial charge in [-0.15, -0.1) is 0 Å². The Balaban J connectivity index is 1.41. The van der Waals surface area contributed by atoms with E-state index in [-0.39, 0.29) is 24.3 Å². The fraction of sp³-hybridized carbons (Fsp3) is 0.528. The molecule has 11 nitrogen and oxygen atoms in total. The summed E-state index contributed by atoms with van der Waals surface area (Å²) in [6.45, 7) is 21.0. The van der Waals surface area contributed by atoms with Crippen LogP contribution in [0.25, 0.3) is 33.3 Å². The van der Waals surface area contributed by atoms with Crippen molar-refractivity contribution in [3.05, 3.63) is 48.4 Å². The summed E-state index contributed by atoms with van der Waals surface area (Å²) in [5.41, 5.74) is 2.83. The van der Waals surface area contributed by atoms with Gasteiger partial charge >= 0.3 is 6.09 Å². The Morgan fingerprint density at radius 1 is 0.896 bits per heavy atom. The Morgan fingerprint density at radius 2 is 1.56 bits per heavy atom. The zero-order valence-corrected chi connectivity index (χ0v) is 30.9. The van der Waals surface area contributed by atoms with E-state index in [2.05, 4.69) is 19.6 Å². The van der Waals surface area contributed by atoms with Gasteiger partial charge in [0.1, 0.15) is 24.4 Å². The lowest BCUT2D eigenvalue weighted by molar-refractivity contribution is -0.133. The third-order valence-corrected chi connectivity index (χ3v) is 10.1. The lowest BCUT2D eigenvalue weighted by Gasteiger charge is -2.35. The van der Waals surface area contributed by atoms with Gasteiger partial charge in [0, 0.05) is 75.1 Å². The summed E-state index contributed by atoms with van der Waals surface area (Å²) in [4.78, 5) is 52.9. The molecule has 0 aliphatic carbocycles. The first kappa shape index (κ1) is 35.3. The number of nitrogens with zero attached hydrogens (tertiary/aromatic N) is 6. The molecule has 1 fully saturated rings. The maximum Gasteiger partial charge on any atom is 0.410 e. The Kier molecular flexibility index (Phi) is 9.90. The van der Waals surface area contributed by atoms with Crippen LogP contribution in [0.3, 0.4) is 0 Å². The third kappa shape index (κ3) is 8.15. The molecule has 48 heavy (non-hydrogen) atoms. The first-order valence-electron chi connectivity index (χ1n) is 16.7. The maximum atomic E-state index is 13.6. The average Bonchev–Trinajstić information content (AvgIpc) is 3.55. The topological polar surface area (TPSA) is 112 Å². The number of ketones is 1. The highest BCUT2D eigenvalue weighted by atomic mass is 28.3. The fourth-order valence-electron chi connectivity index (χ4n) is 5.68. The molecule has 0 bridgehead atoms. The monoisotopic (exact) mass is 674 g/mol. The van der Waals surface area contributed by atoms with Gasteiger partial charge in [-0.2, -0.15) is 0 Å². The number of carbonyl (C=O) groups excluding carboxylic acids is 3. The molecule has 4 heterocycles. The molecular formula is C36H50N6O5Si. The van der Waals surface area contributed by atoms with Crippen LogP contribution in [0.1, 0.15) is 51.9 Å². The highest BCUT2D eigenvalue weighted by molar-refractivity contribution is 6.76. The second kappa shape index (κ2) is 13.5. The zero-order chi connectivity index (χ0) is 35.0. The van der Waals surface area contributed by atoms with Crippen LogP contribution in [0.2, 0.25) is 25.7 Å².